The Morgan fingerprint density at radius 1 is 1.29 bits per heavy atom. The molecule has 1 saturated heterocycles. The Morgan fingerprint density at radius 2 is 1.96 bits per heavy atom. The van der Waals surface area contributed by atoms with Crippen LogP contribution in [0.5, 0.6) is 0 Å². The van der Waals surface area contributed by atoms with Gasteiger partial charge in [-0.05, 0) is 44.2 Å². The summed E-state index contributed by atoms with van der Waals surface area (Å²) in [4.78, 5) is 12.2. The molecule has 1 heterocycles. The highest BCUT2D eigenvalue weighted by Crippen LogP contribution is 2.24. The highest BCUT2D eigenvalue weighted by atomic mass is 35.5. The number of amides is 1. The van der Waals surface area contributed by atoms with Crippen molar-refractivity contribution >= 4 is 28.3 Å². The molecule has 1 aliphatic heterocycles. The first kappa shape index (κ1) is 20.8. The SMILES string of the molecule is CNCCNC(=O)C1CCCN(S(=O)(=O)c2ccc(F)cc2)C1.Cl. The van der Waals surface area contributed by atoms with Crippen molar-refractivity contribution in [3.05, 3.63) is 30.1 Å². The molecule has 1 fully saturated rings. The van der Waals surface area contributed by atoms with Crippen molar-refractivity contribution in [3.63, 3.8) is 0 Å². The molecular weight excluding hydrogens is 357 g/mol. The Labute approximate surface area is 148 Å². The van der Waals surface area contributed by atoms with Crippen LogP contribution in [0.1, 0.15) is 12.8 Å². The topological polar surface area (TPSA) is 78.5 Å². The fraction of sp³-hybridized carbons (Fsp3) is 0.533. The second kappa shape index (κ2) is 9.31. The fourth-order valence-corrected chi connectivity index (χ4v) is 4.11. The summed E-state index contributed by atoms with van der Waals surface area (Å²) in [6.07, 6.45) is 1.30. The Bertz CT molecular complexity index is 640. The zero-order chi connectivity index (χ0) is 16.9. The molecule has 136 valence electrons. The van der Waals surface area contributed by atoms with Gasteiger partial charge in [0, 0.05) is 26.2 Å². The molecule has 9 heteroatoms. The van der Waals surface area contributed by atoms with Gasteiger partial charge in [0.15, 0.2) is 0 Å². The fourth-order valence-electron chi connectivity index (χ4n) is 2.59. The average Bonchev–Trinajstić information content (AvgIpc) is 2.55. The summed E-state index contributed by atoms with van der Waals surface area (Å²) in [5, 5.41) is 5.73. The summed E-state index contributed by atoms with van der Waals surface area (Å²) < 4.78 is 39.5. The first-order valence-electron chi connectivity index (χ1n) is 7.63. The second-order valence-electron chi connectivity index (χ2n) is 5.55. The maximum Gasteiger partial charge on any atom is 0.243 e. The van der Waals surface area contributed by atoms with E-state index >= 15 is 0 Å². The summed E-state index contributed by atoms with van der Waals surface area (Å²) in [6, 6.07) is 4.75. The highest BCUT2D eigenvalue weighted by molar-refractivity contribution is 7.89. The molecule has 0 radical (unpaired) electrons. The minimum Gasteiger partial charge on any atom is -0.355 e. The van der Waals surface area contributed by atoms with Crippen LogP contribution in [0, 0.1) is 11.7 Å². The lowest BCUT2D eigenvalue weighted by Crippen LogP contribution is -2.46. The van der Waals surface area contributed by atoms with Crippen LogP contribution in [0.15, 0.2) is 29.2 Å². The van der Waals surface area contributed by atoms with Crippen molar-refractivity contribution in [3.8, 4) is 0 Å². The molecule has 0 spiro atoms. The first-order chi connectivity index (χ1) is 10.9. The zero-order valence-electron chi connectivity index (χ0n) is 13.5. The third-order valence-electron chi connectivity index (χ3n) is 3.88. The number of halogens is 2. The van der Waals surface area contributed by atoms with Crippen LogP contribution in [0.4, 0.5) is 4.39 Å². The Hall–Kier alpha value is -1.22. The lowest BCUT2D eigenvalue weighted by atomic mass is 9.99. The van der Waals surface area contributed by atoms with E-state index in [-0.39, 0.29) is 35.7 Å². The minimum atomic E-state index is -3.70. The average molecular weight is 380 g/mol. The Balaban J connectivity index is 0.00000288. The number of hydrogen-bond acceptors (Lipinski definition) is 4. The molecule has 2 N–H and O–H groups in total. The molecule has 0 aromatic heterocycles. The van der Waals surface area contributed by atoms with E-state index in [1.54, 1.807) is 7.05 Å². The number of likely N-dealkylation sites (N-methyl/N-ethyl adjacent to an activating group) is 1. The van der Waals surface area contributed by atoms with Crippen molar-refractivity contribution < 1.29 is 17.6 Å². The van der Waals surface area contributed by atoms with Gasteiger partial charge in [0.05, 0.1) is 10.8 Å². The molecule has 24 heavy (non-hydrogen) atoms. The molecule has 2 rings (SSSR count). The smallest absolute Gasteiger partial charge is 0.243 e. The van der Waals surface area contributed by atoms with Crippen LogP contribution in [-0.2, 0) is 14.8 Å². The third-order valence-corrected chi connectivity index (χ3v) is 5.76. The van der Waals surface area contributed by atoms with Crippen molar-refractivity contribution in [2.45, 2.75) is 17.7 Å². The first-order valence-corrected chi connectivity index (χ1v) is 9.07. The van der Waals surface area contributed by atoms with Gasteiger partial charge in [0.2, 0.25) is 15.9 Å². The van der Waals surface area contributed by atoms with Crippen molar-refractivity contribution in [1.82, 2.24) is 14.9 Å². The lowest BCUT2D eigenvalue weighted by molar-refractivity contribution is -0.126. The number of benzene rings is 1. The number of carbonyl (C=O) groups excluding carboxylic acids is 1. The molecule has 0 bridgehead atoms. The molecular formula is C15H23ClFN3O3S. The molecule has 1 aromatic carbocycles. The maximum atomic E-state index is 13.0. The van der Waals surface area contributed by atoms with E-state index in [4.69, 9.17) is 0 Å². The monoisotopic (exact) mass is 379 g/mol. The Kier molecular flexibility index (Phi) is 8.08. The van der Waals surface area contributed by atoms with Gasteiger partial charge in [0.25, 0.3) is 0 Å². The van der Waals surface area contributed by atoms with Gasteiger partial charge < -0.3 is 10.6 Å². The summed E-state index contributed by atoms with van der Waals surface area (Å²) in [5.41, 5.74) is 0. The van der Waals surface area contributed by atoms with Gasteiger partial charge in [-0.3, -0.25) is 4.79 Å². The van der Waals surface area contributed by atoms with E-state index in [0.29, 0.717) is 32.5 Å². The summed E-state index contributed by atoms with van der Waals surface area (Å²) in [7, 11) is -1.90. The molecule has 1 atom stereocenters. The summed E-state index contributed by atoms with van der Waals surface area (Å²) >= 11 is 0. The predicted octanol–water partition coefficient (Wildman–Crippen LogP) is 0.984. The highest BCUT2D eigenvalue weighted by Gasteiger charge is 2.33. The van der Waals surface area contributed by atoms with Gasteiger partial charge in [-0.2, -0.15) is 4.31 Å². The number of nitrogens with one attached hydrogen (secondary N) is 2. The van der Waals surface area contributed by atoms with Gasteiger partial charge >= 0.3 is 0 Å². The predicted molar refractivity (Wildman–Crippen MR) is 92.1 cm³/mol. The van der Waals surface area contributed by atoms with Crippen LogP contribution in [-0.4, -0.2) is 51.9 Å². The molecule has 6 nitrogen and oxygen atoms in total. The number of nitrogens with zero attached hydrogens (tertiary/aromatic N) is 1. The van der Waals surface area contributed by atoms with Crippen LogP contribution in [0.3, 0.4) is 0 Å². The molecule has 1 aromatic rings. The van der Waals surface area contributed by atoms with Crippen molar-refractivity contribution in [2.75, 3.05) is 33.2 Å². The van der Waals surface area contributed by atoms with E-state index in [1.165, 1.54) is 16.4 Å². The zero-order valence-corrected chi connectivity index (χ0v) is 15.1. The molecule has 1 unspecified atom stereocenters. The van der Waals surface area contributed by atoms with E-state index in [9.17, 15) is 17.6 Å². The van der Waals surface area contributed by atoms with Gasteiger partial charge in [-0.25, -0.2) is 12.8 Å². The number of hydrogen-bond donors (Lipinski definition) is 2. The number of sulfonamides is 1. The molecule has 1 aliphatic rings. The standard InChI is InChI=1S/C15H22FN3O3S.ClH/c1-17-8-9-18-15(20)12-3-2-10-19(11-12)23(21,22)14-6-4-13(16)5-7-14;/h4-7,12,17H,2-3,8-11H2,1H3,(H,18,20);1H. The largest absolute Gasteiger partial charge is 0.355 e. The van der Waals surface area contributed by atoms with Crippen LogP contribution in [0.2, 0.25) is 0 Å². The normalized spacial score (nSPS) is 18.7. The number of carbonyl (C=O) groups is 1. The summed E-state index contributed by atoms with van der Waals surface area (Å²) in [5.74, 6) is -0.959. The molecule has 0 aliphatic carbocycles. The minimum absolute atomic E-state index is 0. The number of rotatable bonds is 6. The lowest BCUT2D eigenvalue weighted by Gasteiger charge is -2.31. The van der Waals surface area contributed by atoms with E-state index < -0.39 is 15.8 Å². The number of piperidine rings is 1. The van der Waals surface area contributed by atoms with Crippen molar-refractivity contribution in [2.24, 2.45) is 5.92 Å². The van der Waals surface area contributed by atoms with Crippen molar-refractivity contribution in [1.29, 1.82) is 0 Å². The quantitative estimate of drug-likeness (QED) is 0.722. The van der Waals surface area contributed by atoms with Crippen LogP contribution in [0.25, 0.3) is 0 Å². The van der Waals surface area contributed by atoms with Crippen LogP contribution >= 0.6 is 12.4 Å². The van der Waals surface area contributed by atoms with E-state index in [2.05, 4.69) is 10.6 Å². The van der Waals surface area contributed by atoms with Gasteiger partial charge in [-0.15, -0.1) is 12.4 Å². The molecule has 0 saturated carbocycles. The second-order valence-corrected chi connectivity index (χ2v) is 7.49. The van der Waals surface area contributed by atoms with Gasteiger partial charge in [-0.1, -0.05) is 0 Å². The van der Waals surface area contributed by atoms with Gasteiger partial charge in [0.1, 0.15) is 5.82 Å². The van der Waals surface area contributed by atoms with E-state index in [1.807, 2.05) is 0 Å². The molecule has 1 amide bonds. The maximum absolute atomic E-state index is 13.0. The third kappa shape index (κ3) is 5.14. The Morgan fingerprint density at radius 3 is 2.58 bits per heavy atom. The van der Waals surface area contributed by atoms with Crippen LogP contribution < -0.4 is 10.6 Å². The summed E-state index contributed by atoms with van der Waals surface area (Å²) in [6.45, 7) is 1.71. The van der Waals surface area contributed by atoms with E-state index in [0.717, 1.165) is 12.1 Å².